The summed E-state index contributed by atoms with van der Waals surface area (Å²) < 4.78 is 25.4. The highest BCUT2D eigenvalue weighted by molar-refractivity contribution is 7.89. The summed E-state index contributed by atoms with van der Waals surface area (Å²) in [6.45, 7) is 1.08. The molecule has 8 heteroatoms. The lowest BCUT2D eigenvalue weighted by atomic mass is 10.4. The van der Waals surface area contributed by atoms with E-state index in [0.29, 0.717) is 13.1 Å². The minimum atomic E-state index is -3.95. The van der Waals surface area contributed by atoms with E-state index in [0.717, 1.165) is 29.4 Å². The third-order valence-corrected chi connectivity index (χ3v) is 5.12. The smallest absolute Gasteiger partial charge is 0.248 e. The molecule has 0 unspecified atom stereocenters. The number of carbonyl (C=O) groups is 1. The molecule has 0 saturated carbocycles. The van der Waals surface area contributed by atoms with E-state index in [4.69, 9.17) is 0 Å². The fourth-order valence-corrected chi connectivity index (χ4v) is 3.27. The van der Waals surface area contributed by atoms with Gasteiger partial charge in [0.05, 0.1) is 6.54 Å². The van der Waals surface area contributed by atoms with E-state index in [1.54, 1.807) is 4.90 Å². The second-order valence-corrected chi connectivity index (χ2v) is 6.74. The van der Waals surface area contributed by atoms with Crippen molar-refractivity contribution in [2.45, 2.75) is 17.7 Å². The highest BCUT2D eigenvalue weighted by atomic mass is 32.2. The normalized spacial score (nSPS) is 15.8. The first kappa shape index (κ1) is 14.7. The van der Waals surface area contributed by atoms with Crippen LogP contribution in [0.25, 0.3) is 0 Å². The van der Waals surface area contributed by atoms with Crippen molar-refractivity contribution in [3.63, 3.8) is 0 Å². The van der Waals surface area contributed by atoms with E-state index < -0.39 is 15.5 Å². The number of likely N-dealkylation sites (tertiary alicyclic amines) is 1. The molecule has 0 aromatic carbocycles. The molecule has 20 heavy (non-hydrogen) atoms. The Hall–Kier alpha value is -1.67. The van der Waals surface area contributed by atoms with Gasteiger partial charge in [-0.2, -0.15) is 4.31 Å². The second kappa shape index (κ2) is 5.76. The van der Waals surface area contributed by atoms with Crippen LogP contribution in [0.3, 0.4) is 0 Å². The molecule has 0 atom stereocenters. The van der Waals surface area contributed by atoms with Gasteiger partial charge in [0.25, 0.3) is 0 Å². The summed E-state index contributed by atoms with van der Waals surface area (Å²) in [7, 11) is -2.65. The maximum atomic E-state index is 12.2. The Kier molecular flexibility index (Phi) is 4.24. The highest BCUT2D eigenvalue weighted by Crippen LogP contribution is 2.11. The zero-order valence-electron chi connectivity index (χ0n) is 11.2. The Labute approximate surface area is 117 Å². The Balaban J connectivity index is 2.15. The lowest BCUT2D eigenvalue weighted by Gasteiger charge is -2.20. The van der Waals surface area contributed by atoms with Crippen molar-refractivity contribution in [2.75, 3.05) is 26.7 Å². The van der Waals surface area contributed by atoms with E-state index in [2.05, 4.69) is 4.98 Å². The molecule has 1 fully saturated rings. The number of nitrogens with zero attached hydrogens (tertiary/aromatic N) is 2. The molecule has 1 aromatic heterocycles. The van der Waals surface area contributed by atoms with E-state index in [-0.39, 0.29) is 17.3 Å². The van der Waals surface area contributed by atoms with Crippen molar-refractivity contribution in [1.82, 2.24) is 14.2 Å². The van der Waals surface area contributed by atoms with Crippen molar-refractivity contribution in [2.24, 2.45) is 0 Å². The SMILES string of the molecule is CN(CC(=O)N1CCCC1)S(=O)(=O)c1c[nH]ccc1=O. The minimum Gasteiger partial charge on any atom is -0.366 e. The molecular weight excluding hydrogens is 282 g/mol. The van der Waals surface area contributed by atoms with E-state index >= 15 is 0 Å². The predicted molar refractivity (Wildman–Crippen MR) is 72.7 cm³/mol. The summed E-state index contributed by atoms with van der Waals surface area (Å²) in [6.07, 6.45) is 4.38. The van der Waals surface area contributed by atoms with Gasteiger partial charge in [-0.15, -0.1) is 0 Å². The van der Waals surface area contributed by atoms with Crippen LogP contribution in [0.2, 0.25) is 0 Å². The van der Waals surface area contributed by atoms with Crippen LogP contribution in [-0.4, -0.2) is 55.2 Å². The largest absolute Gasteiger partial charge is 0.366 e. The van der Waals surface area contributed by atoms with Crippen LogP contribution in [0.1, 0.15) is 12.8 Å². The lowest BCUT2D eigenvalue weighted by Crippen LogP contribution is -2.40. The number of carbonyl (C=O) groups excluding carboxylic acids is 1. The summed E-state index contributed by atoms with van der Waals surface area (Å²) in [5, 5.41) is 0. The third-order valence-electron chi connectivity index (χ3n) is 3.29. The van der Waals surface area contributed by atoms with Crippen LogP contribution in [0.15, 0.2) is 28.2 Å². The zero-order chi connectivity index (χ0) is 14.8. The maximum absolute atomic E-state index is 12.2. The topological polar surface area (TPSA) is 90.6 Å². The molecule has 7 nitrogen and oxygen atoms in total. The van der Waals surface area contributed by atoms with Gasteiger partial charge in [-0.3, -0.25) is 9.59 Å². The quantitative estimate of drug-likeness (QED) is 0.820. The molecule has 1 aliphatic rings. The fraction of sp³-hybridized carbons (Fsp3) is 0.500. The fourth-order valence-electron chi connectivity index (χ4n) is 2.11. The molecular formula is C12H17N3O4S. The molecule has 2 heterocycles. The molecule has 110 valence electrons. The number of rotatable bonds is 4. The van der Waals surface area contributed by atoms with Crippen LogP contribution in [0, 0.1) is 0 Å². The summed E-state index contributed by atoms with van der Waals surface area (Å²) in [6, 6.07) is 1.14. The number of aromatic amines is 1. The Morgan fingerprint density at radius 1 is 1.40 bits per heavy atom. The molecule has 0 bridgehead atoms. The van der Waals surface area contributed by atoms with Gasteiger partial charge in [-0.05, 0) is 12.8 Å². The molecule has 1 aromatic rings. The minimum absolute atomic E-state index is 0.235. The van der Waals surface area contributed by atoms with E-state index in [1.165, 1.54) is 13.2 Å². The molecule has 0 radical (unpaired) electrons. The number of likely N-dealkylation sites (N-methyl/N-ethyl adjacent to an activating group) is 1. The summed E-state index contributed by atoms with van der Waals surface area (Å²) in [4.78, 5) is 27.4. The monoisotopic (exact) mass is 299 g/mol. The number of hydrogen-bond acceptors (Lipinski definition) is 4. The third kappa shape index (κ3) is 2.91. The Bertz CT molecular complexity index is 647. The first-order valence-electron chi connectivity index (χ1n) is 6.34. The van der Waals surface area contributed by atoms with Crippen molar-refractivity contribution in [3.8, 4) is 0 Å². The summed E-state index contributed by atoms with van der Waals surface area (Å²) in [5.41, 5.74) is -0.593. The van der Waals surface area contributed by atoms with Gasteiger partial charge in [0.2, 0.25) is 21.4 Å². The maximum Gasteiger partial charge on any atom is 0.248 e. The molecule has 0 spiro atoms. The van der Waals surface area contributed by atoms with E-state index in [9.17, 15) is 18.0 Å². The van der Waals surface area contributed by atoms with Gasteiger partial charge >= 0.3 is 0 Å². The number of nitrogens with one attached hydrogen (secondary N) is 1. The average molecular weight is 299 g/mol. The molecule has 2 rings (SSSR count). The Morgan fingerprint density at radius 2 is 2.05 bits per heavy atom. The van der Waals surface area contributed by atoms with Crippen LogP contribution in [0.5, 0.6) is 0 Å². The number of sulfonamides is 1. The van der Waals surface area contributed by atoms with Crippen molar-refractivity contribution < 1.29 is 13.2 Å². The van der Waals surface area contributed by atoms with Crippen LogP contribution in [-0.2, 0) is 14.8 Å². The van der Waals surface area contributed by atoms with Gasteiger partial charge in [0, 0.05) is 38.6 Å². The molecule has 1 saturated heterocycles. The first-order chi connectivity index (χ1) is 9.43. The van der Waals surface area contributed by atoms with E-state index in [1.807, 2.05) is 0 Å². The second-order valence-electron chi connectivity index (χ2n) is 4.72. The van der Waals surface area contributed by atoms with Crippen molar-refractivity contribution in [1.29, 1.82) is 0 Å². The first-order valence-corrected chi connectivity index (χ1v) is 7.78. The highest BCUT2D eigenvalue weighted by Gasteiger charge is 2.27. The van der Waals surface area contributed by atoms with Crippen molar-refractivity contribution >= 4 is 15.9 Å². The van der Waals surface area contributed by atoms with Gasteiger partial charge < -0.3 is 9.88 Å². The molecule has 1 amide bonds. The van der Waals surface area contributed by atoms with Crippen LogP contribution < -0.4 is 5.43 Å². The lowest BCUT2D eigenvalue weighted by molar-refractivity contribution is -0.130. The average Bonchev–Trinajstić information content (AvgIpc) is 2.92. The molecule has 0 aliphatic carbocycles. The Morgan fingerprint density at radius 3 is 2.65 bits per heavy atom. The van der Waals surface area contributed by atoms with Crippen LogP contribution in [0.4, 0.5) is 0 Å². The van der Waals surface area contributed by atoms with Gasteiger partial charge in [-0.25, -0.2) is 8.42 Å². The number of aromatic nitrogens is 1. The van der Waals surface area contributed by atoms with Gasteiger partial charge in [-0.1, -0.05) is 0 Å². The molecule has 1 aliphatic heterocycles. The van der Waals surface area contributed by atoms with Crippen LogP contribution >= 0.6 is 0 Å². The van der Waals surface area contributed by atoms with Crippen molar-refractivity contribution in [3.05, 3.63) is 28.7 Å². The number of amides is 1. The summed E-state index contributed by atoms with van der Waals surface area (Å²) >= 11 is 0. The number of pyridine rings is 1. The zero-order valence-corrected chi connectivity index (χ0v) is 12.0. The summed E-state index contributed by atoms with van der Waals surface area (Å²) in [5.74, 6) is -0.235. The van der Waals surface area contributed by atoms with Gasteiger partial charge in [0.1, 0.15) is 4.90 Å². The number of hydrogen-bond donors (Lipinski definition) is 1. The van der Waals surface area contributed by atoms with Gasteiger partial charge in [0.15, 0.2) is 0 Å². The number of H-pyrrole nitrogens is 1. The standard InChI is InChI=1S/C12H17N3O4S/c1-14(9-12(17)15-6-2-3-7-15)20(18,19)11-8-13-5-4-10(11)16/h4-5,8H,2-3,6-7,9H2,1H3,(H,13,16). The molecule has 1 N–H and O–H groups in total. The predicted octanol–water partition coefficient (Wildman–Crippen LogP) is -0.382.